The molecule has 0 bridgehead atoms. The SMILES string of the molecule is Cc1cc(CSc2ccccc2)cc2c1N[C@H](c1cc([N+](=O)[O-])ccc1Cl)[C@@H]1CC=C[C@@H]21. The van der Waals surface area contributed by atoms with E-state index >= 15 is 0 Å². The summed E-state index contributed by atoms with van der Waals surface area (Å²) < 4.78 is 0. The fraction of sp³-hybridized carbons (Fsp3) is 0.231. The van der Waals surface area contributed by atoms with Crippen LogP contribution in [0.1, 0.15) is 40.6 Å². The number of fused-ring (bicyclic) bond motifs is 3. The van der Waals surface area contributed by atoms with Gasteiger partial charge in [-0.15, -0.1) is 11.8 Å². The highest BCUT2D eigenvalue weighted by molar-refractivity contribution is 7.98. The van der Waals surface area contributed by atoms with Gasteiger partial charge in [-0.2, -0.15) is 0 Å². The lowest BCUT2D eigenvalue weighted by molar-refractivity contribution is -0.384. The van der Waals surface area contributed by atoms with Gasteiger partial charge in [-0.3, -0.25) is 10.1 Å². The molecule has 0 spiro atoms. The van der Waals surface area contributed by atoms with Crippen LogP contribution in [0, 0.1) is 23.0 Å². The Morgan fingerprint density at radius 2 is 1.94 bits per heavy atom. The van der Waals surface area contributed by atoms with Gasteiger partial charge in [0.15, 0.2) is 0 Å². The van der Waals surface area contributed by atoms with Crippen molar-refractivity contribution in [1.82, 2.24) is 0 Å². The predicted molar refractivity (Wildman–Crippen MR) is 132 cm³/mol. The van der Waals surface area contributed by atoms with Crippen LogP contribution in [0.3, 0.4) is 0 Å². The van der Waals surface area contributed by atoms with E-state index in [-0.39, 0.29) is 28.5 Å². The summed E-state index contributed by atoms with van der Waals surface area (Å²) >= 11 is 8.37. The monoisotopic (exact) mass is 462 g/mol. The summed E-state index contributed by atoms with van der Waals surface area (Å²) in [5, 5.41) is 15.6. The Balaban J connectivity index is 1.49. The minimum absolute atomic E-state index is 0.0712. The number of nitrogens with zero attached hydrogens (tertiary/aromatic N) is 1. The number of rotatable bonds is 5. The number of hydrogen-bond acceptors (Lipinski definition) is 4. The van der Waals surface area contributed by atoms with Crippen LogP contribution >= 0.6 is 23.4 Å². The number of aryl methyl sites for hydroxylation is 1. The van der Waals surface area contributed by atoms with Crippen LogP contribution in [-0.2, 0) is 5.75 Å². The van der Waals surface area contributed by atoms with Gasteiger partial charge in [0.05, 0.1) is 11.0 Å². The number of nitrogens with one attached hydrogen (secondary N) is 1. The molecule has 0 fully saturated rings. The summed E-state index contributed by atoms with van der Waals surface area (Å²) in [7, 11) is 0. The molecule has 32 heavy (non-hydrogen) atoms. The maximum atomic E-state index is 11.4. The molecule has 1 aliphatic heterocycles. The van der Waals surface area contributed by atoms with E-state index in [1.807, 2.05) is 17.8 Å². The molecule has 0 saturated heterocycles. The summed E-state index contributed by atoms with van der Waals surface area (Å²) in [5.41, 5.74) is 5.81. The molecule has 1 aliphatic carbocycles. The predicted octanol–water partition coefficient (Wildman–Crippen LogP) is 7.68. The number of hydrogen-bond donors (Lipinski definition) is 1. The van der Waals surface area contributed by atoms with E-state index in [4.69, 9.17) is 11.6 Å². The number of non-ortho nitro benzene ring substituents is 1. The second-order valence-electron chi connectivity index (χ2n) is 8.42. The van der Waals surface area contributed by atoms with Crippen molar-refractivity contribution in [2.75, 3.05) is 5.32 Å². The third-order valence-corrected chi connectivity index (χ3v) is 7.83. The molecule has 0 amide bonds. The van der Waals surface area contributed by atoms with Gasteiger partial charge < -0.3 is 5.32 Å². The van der Waals surface area contributed by atoms with Gasteiger partial charge >= 0.3 is 0 Å². The van der Waals surface area contributed by atoms with Crippen molar-refractivity contribution in [3.63, 3.8) is 0 Å². The topological polar surface area (TPSA) is 55.2 Å². The average molecular weight is 463 g/mol. The van der Waals surface area contributed by atoms with Crippen LogP contribution in [0.4, 0.5) is 11.4 Å². The van der Waals surface area contributed by atoms with Crippen LogP contribution in [-0.4, -0.2) is 4.92 Å². The van der Waals surface area contributed by atoms with Gasteiger partial charge in [0.2, 0.25) is 0 Å². The van der Waals surface area contributed by atoms with Gasteiger partial charge in [-0.25, -0.2) is 0 Å². The fourth-order valence-electron chi connectivity index (χ4n) is 4.92. The lowest BCUT2D eigenvalue weighted by Crippen LogP contribution is -2.30. The zero-order chi connectivity index (χ0) is 22.2. The first-order valence-corrected chi connectivity index (χ1v) is 12.1. The quantitative estimate of drug-likeness (QED) is 0.183. The first-order valence-electron chi connectivity index (χ1n) is 10.7. The van der Waals surface area contributed by atoms with Crippen molar-refractivity contribution in [2.45, 2.75) is 36.0 Å². The van der Waals surface area contributed by atoms with E-state index in [0.29, 0.717) is 5.02 Å². The van der Waals surface area contributed by atoms with Gasteiger partial charge in [0.1, 0.15) is 0 Å². The minimum Gasteiger partial charge on any atom is -0.377 e. The van der Waals surface area contributed by atoms with Crippen molar-refractivity contribution >= 4 is 34.7 Å². The lowest BCUT2D eigenvalue weighted by Gasteiger charge is -2.39. The Morgan fingerprint density at radius 3 is 2.72 bits per heavy atom. The maximum absolute atomic E-state index is 11.4. The zero-order valence-corrected chi connectivity index (χ0v) is 19.2. The van der Waals surface area contributed by atoms with Gasteiger partial charge in [-0.1, -0.05) is 54.1 Å². The molecule has 3 aromatic rings. The first kappa shape index (κ1) is 21.1. The van der Waals surface area contributed by atoms with Gasteiger partial charge in [0.25, 0.3) is 5.69 Å². The molecule has 1 heterocycles. The number of anilines is 1. The lowest BCUT2D eigenvalue weighted by atomic mass is 9.76. The Morgan fingerprint density at radius 1 is 1.12 bits per heavy atom. The molecular weight excluding hydrogens is 440 g/mol. The molecule has 1 N–H and O–H groups in total. The van der Waals surface area contributed by atoms with Crippen molar-refractivity contribution in [3.8, 4) is 0 Å². The molecule has 6 heteroatoms. The van der Waals surface area contributed by atoms with E-state index < -0.39 is 0 Å². The highest BCUT2D eigenvalue weighted by Gasteiger charge is 2.39. The summed E-state index contributed by atoms with van der Waals surface area (Å²) in [6.45, 7) is 2.13. The van der Waals surface area contributed by atoms with Gasteiger partial charge in [0, 0.05) is 45.0 Å². The number of allylic oxidation sites excluding steroid dienone is 2. The van der Waals surface area contributed by atoms with Crippen molar-refractivity contribution in [2.24, 2.45) is 5.92 Å². The minimum atomic E-state index is -0.358. The van der Waals surface area contributed by atoms with Crippen LogP contribution in [0.5, 0.6) is 0 Å². The molecule has 5 rings (SSSR count). The van der Waals surface area contributed by atoms with Crippen LogP contribution in [0.2, 0.25) is 5.02 Å². The number of nitro groups is 1. The standard InChI is InChI=1S/C26H23ClN2O2S/c1-16-12-17(15-32-19-6-3-2-4-7-19)13-22-20-8-5-9-21(20)26(28-25(16)22)23-14-18(29(30)31)10-11-24(23)27/h2-8,10-14,20-21,26,28H,9,15H2,1H3/t20-,21-,26+/m1/s1. The zero-order valence-electron chi connectivity index (χ0n) is 17.6. The molecule has 4 nitrogen and oxygen atoms in total. The Kier molecular flexibility index (Phi) is 5.70. The fourth-order valence-corrected chi connectivity index (χ4v) is 6.01. The maximum Gasteiger partial charge on any atom is 0.269 e. The van der Waals surface area contributed by atoms with Crippen molar-refractivity contribution < 1.29 is 4.92 Å². The van der Waals surface area contributed by atoms with Crippen molar-refractivity contribution in [3.05, 3.63) is 110 Å². The second kappa shape index (κ2) is 8.64. The summed E-state index contributed by atoms with van der Waals surface area (Å²) in [5.74, 6) is 1.46. The highest BCUT2D eigenvalue weighted by atomic mass is 35.5. The molecule has 0 saturated carbocycles. The van der Waals surface area contributed by atoms with Crippen molar-refractivity contribution in [1.29, 1.82) is 0 Å². The Hall–Kier alpha value is -2.76. The largest absolute Gasteiger partial charge is 0.377 e. The average Bonchev–Trinajstić information content (AvgIpc) is 3.29. The molecule has 0 radical (unpaired) electrons. The normalized spacial score (nSPS) is 21.0. The number of thioether (sulfide) groups is 1. The second-order valence-corrected chi connectivity index (χ2v) is 9.87. The van der Waals surface area contributed by atoms with E-state index in [1.54, 1.807) is 12.1 Å². The van der Waals surface area contributed by atoms with Gasteiger partial charge in [-0.05, 0) is 54.2 Å². The third kappa shape index (κ3) is 3.91. The first-order chi connectivity index (χ1) is 15.5. The smallest absolute Gasteiger partial charge is 0.269 e. The number of halogens is 1. The Labute approximate surface area is 196 Å². The molecule has 0 aromatic heterocycles. The molecular formula is C26H23ClN2O2S. The molecule has 3 aromatic carbocycles. The van der Waals surface area contributed by atoms with Crippen LogP contribution in [0.15, 0.2) is 77.7 Å². The van der Waals surface area contributed by atoms with E-state index in [1.165, 1.54) is 27.7 Å². The molecule has 2 aliphatic rings. The van der Waals surface area contributed by atoms with E-state index in [2.05, 4.69) is 60.8 Å². The molecule has 162 valence electrons. The van der Waals surface area contributed by atoms with E-state index in [9.17, 15) is 10.1 Å². The van der Waals surface area contributed by atoms with E-state index in [0.717, 1.165) is 23.4 Å². The highest BCUT2D eigenvalue weighted by Crippen LogP contribution is 2.52. The summed E-state index contributed by atoms with van der Waals surface area (Å²) in [6.07, 6.45) is 5.43. The Bertz CT molecular complexity index is 1210. The van der Waals surface area contributed by atoms with Crippen LogP contribution < -0.4 is 5.32 Å². The summed E-state index contributed by atoms with van der Waals surface area (Å²) in [4.78, 5) is 12.3. The number of benzene rings is 3. The number of nitro benzene ring substituents is 1. The van der Waals surface area contributed by atoms with Crippen LogP contribution in [0.25, 0.3) is 0 Å². The summed E-state index contributed by atoms with van der Waals surface area (Å²) in [6, 6.07) is 19.7. The molecule has 3 atom stereocenters. The third-order valence-electron chi connectivity index (χ3n) is 6.40. The molecule has 0 unspecified atom stereocenters.